The molecular weight excluding hydrogens is 290 g/mol. The Morgan fingerprint density at radius 1 is 1.39 bits per heavy atom. The molecule has 1 amide bonds. The van der Waals surface area contributed by atoms with Gasteiger partial charge in [-0.3, -0.25) is 4.79 Å². The Morgan fingerprint density at radius 3 is 2.67 bits per heavy atom. The first-order valence-electron chi connectivity index (χ1n) is 6.52. The van der Waals surface area contributed by atoms with Crippen LogP contribution < -0.4 is 0 Å². The maximum atomic E-state index is 12.3. The van der Waals surface area contributed by atoms with Crippen LogP contribution >= 0.6 is 15.9 Å². The van der Waals surface area contributed by atoms with Gasteiger partial charge in [-0.05, 0) is 38.7 Å². The minimum Gasteiger partial charge on any atom is -0.338 e. The zero-order valence-corrected chi connectivity index (χ0v) is 12.6. The third-order valence-corrected chi connectivity index (χ3v) is 3.80. The Morgan fingerprint density at radius 2 is 2.06 bits per heavy atom. The number of halogens is 1. The van der Waals surface area contributed by atoms with Crippen molar-refractivity contribution in [2.75, 3.05) is 6.54 Å². The summed E-state index contributed by atoms with van der Waals surface area (Å²) in [7, 11) is 0. The van der Waals surface area contributed by atoms with Crippen molar-refractivity contribution in [3.05, 3.63) is 35.9 Å². The highest BCUT2D eigenvalue weighted by Gasteiger charge is 2.35. The SMILES string of the molecule is CC(C)(Br)C(=O)N1CCCC1Cc1ccccc1. The molecule has 1 aromatic rings. The monoisotopic (exact) mass is 309 g/mol. The van der Waals surface area contributed by atoms with Gasteiger partial charge in [0.15, 0.2) is 0 Å². The highest BCUT2D eigenvalue weighted by atomic mass is 79.9. The normalized spacial score (nSPS) is 20.2. The van der Waals surface area contributed by atoms with Gasteiger partial charge < -0.3 is 4.90 Å². The van der Waals surface area contributed by atoms with Crippen LogP contribution in [0.5, 0.6) is 0 Å². The lowest BCUT2D eigenvalue weighted by Crippen LogP contribution is -2.45. The Bertz CT molecular complexity index is 410. The van der Waals surface area contributed by atoms with Gasteiger partial charge >= 0.3 is 0 Å². The third-order valence-electron chi connectivity index (χ3n) is 3.46. The number of hydrogen-bond donors (Lipinski definition) is 0. The molecule has 1 unspecified atom stereocenters. The molecule has 1 atom stereocenters. The fourth-order valence-electron chi connectivity index (χ4n) is 2.54. The zero-order valence-electron chi connectivity index (χ0n) is 11.0. The van der Waals surface area contributed by atoms with E-state index in [1.165, 1.54) is 5.56 Å². The van der Waals surface area contributed by atoms with Crippen LogP contribution in [0.4, 0.5) is 0 Å². The van der Waals surface area contributed by atoms with Crippen LogP contribution in [0.1, 0.15) is 32.3 Å². The van der Waals surface area contributed by atoms with Crippen molar-refractivity contribution in [3.8, 4) is 0 Å². The van der Waals surface area contributed by atoms with Gasteiger partial charge in [0.2, 0.25) is 5.91 Å². The van der Waals surface area contributed by atoms with Gasteiger partial charge in [-0.1, -0.05) is 46.3 Å². The first-order valence-corrected chi connectivity index (χ1v) is 7.31. The van der Waals surface area contributed by atoms with Crippen LogP contribution in [-0.4, -0.2) is 27.7 Å². The van der Waals surface area contributed by atoms with Crippen molar-refractivity contribution in [3.63, 3.8) is 0 Å². The first-order chi connectivity index (χ1) is 8.48. The minimum atomic E-state index is -0.452. The van der Waals surface area contributed by atoms with Gasteiger partial charge in [-0.25, -0.2) is 0 Å². The molecule has 0 aromatic heterocycles. The second-order valence-electron chi connectivity index (χ2n) is 5.46. The quantitative estimate of drug-likeness (QED) is 0.784. The van der Waals surface area contributed by atoms with E-state index in [1.807, 2.05) is 24.8 Å². The molecule has 98 valence electrons. The van der Waals surface area contributed by atoms with E-state index < -0.39 is 4.32 Å². The van der Waals surface area contributed by atoms with Crippen LogP contribution in [0.2, 0.25) is 0 Å². The maximum absolute atomic E-state index is 12.3. The largest absolute Gasteiger partial charge is 0.338 e. The topological polar surface area (TPSA) is 20.3 Å². The molecule has 1 aromatic carbocycles. The fourth-order valence-corrected chi connectivity index (χ4v) is 2.77. The highest BCUT2D eigenvalue weighted by Crippen LogP contribution is 2.27. The van der Waals surface area contributed by atoms with Crippen molar-refractivity contribution in [2.45, 2.75) is 43.5 Å². The second kappa shape index (κ2) is 5.43. The molecule has 1 aliphatic rings. The van der Waals surface area contributed by atoms with Crippen molar-refractivity contribution in [1.82, 2.24) is 4.90 Å². The molecule has 0 bridgehead atoms. The zero-order chi connectivity index (χ0) is 13.2. The highest BCUT2D eigenvalue weighted by molar-refractivity contribution is 9.10. The minimum absolute atomic E-state index is 0.209. The van der Waals surface area contributed by atoms with Crippen molar-refractivity contribution in [2.24, 2.45) is 0 Å². The summed E-state index contributed by atoms with van der Waals surface area (Å²) in [4.78, 5) is 14.4. The summed E-state index contributed by atoms with van der Waals surface area (Å²) in [5, 5.41) is 0. The number of benzene rings is 1. The summed E-state index contributed by atoms with van der Waals surface area (Å²) in [5.41, 5.74) is 1.31. The fraction of sp³-hybridized carbons (Fsp3) is 0.533. The van der Waals surface area contributed by atoms with E-state index in [4.69, 9.17) is 0 Å². The lowest BCUT2D eigenvalue weighted by Gasteiger charge is -2.30. The van der Waals surface area contributed by atoms with E-state index in [2.05, 4.69) is 40.2 Å². The van der Waals surface area contributed by atoms with E-state index >= 15 is 0 Å². The summed E-state index contributed by atoms with van der Waals surface area (Å²) in [5.74, 6) is 0.209. The first kappa shape index (κ1) is 13.6. The standard InChI is InChI=1S/C15H20BrNO/c1-15(2,16)14(18)17-10-6-9-13(17)11-12-7-4-3-5-8-12/h3-5,7-8,13H,6,9-11H2,1-2H3. The molecule has 1 saturated heterocycles. The predicted octanol–water partition coefficient (Wildman–Crippen LogP) is 3.39. The molecule has 1 fully saturated rings. The van der Waals surface area contributed by atoms with Gasteiger partial charge in [0.25, 0.3) is 0 Å². The van der Waals surface area contributed by atoms with E-state index in [0.717, 1.165) is 25.8 Å². The Balaban J connectivity index is 2.07. The summed E-state index contributed by atoms with van der Waals surface area (Å²) >= 11 is 3.48. The molecular formula is C15H20BrNO. The number of carbonyl (C=O) groups is 1. The van der Waals surface area contributed by atoms with E-state index in [1.54, 1.807) is 0 Å². The lowest BCUT2D eigenvalue weighted by atomic mass is 10.0. The van der Waals surface area contributed by atoms with Gasteiger partial charge in [0.1, 0.15) is 0 Å². The molecule has 18 heavy (non-hydrogen) atoms. The van der Waals surface area contributed by atoms with E-state index in [0.29, 0.717) is 6.04 Å². The average molecular weight is 310 g/mol. The van der Waals surface area contributed by atoms with Crippen molar-refractivity contribution >= 4 is 21.8 Å². The number of likely N-dealkylation sites (tertiary alicyclic amines) is 1. The predicted molar refractivity (Wildman–Crippen MR) is 77.9 cm³/mol. The molecule has 0 saturated carbocycles. The number of nitrogens with zero attached hydrogens (tertiary/aromatic N) is 1. The Hall–Kier alpha value is -0.830. The average Bonchev–Trinajstić information content (AvgIpc) is 2.76. The molecule has 1 aliphatic heterocycles. The molecule has 3 heteroatoms. The van der Waals surface area contributed by atoms with Gasteiger partial charge in [0.05, 0.1) is 4.32 Å². The van der Waals surface area contributed by atoms with Crippen LogP contribution in [0.3, 0.4) is 0 Å². The third kappa shape index (κ3) is 3.14. The number of carbonyl (C=O) groups excluding carboxylic acids is 1. The lowest BCUT2D eigenvalue weighted by molar-refractivity contribution is -0.133. The van der Waals surface area contributed by atoms with Gasteiger partial charge in [0, 0.05) is 12.6 Å². The molecule has 0 aliphatic carbocycles. The molecule has 2 rings (SSSR count). The van der Waals surface area contributed by atoms with E-state index in [9.17, 15) is 4.79 Å². The Kier molecular flexibility index (Phi) is 4.10. The number of rotatable bonds is 3. The van der Waals surface area contributed by atoms with Crippen LogP contribution in [0, 0.1) is 0 Å². The van der Waals surface area contributed by atoms with Crippen LogP contribution in [0.15, 0.2) is 30.3 Å². The number of amides is 1. The summed E-state index contributed by atoms with van der Waals surface area (Å²) in [6.45, 7) is 4.74. The smallest absolute Gasteiger partial charge is 0.239 e. The Labute approximate surface area is 117 Å². The van der Waals surface area contributed by atoms with Crippen molar-refractivity contribution in [1.29, 1.82) is 0 Å². The number of alkyl halides is 1. The molecule has 1 heterocycles. The van der Waals surface area contributed by atoms with Gasteiger partial charge in [-0.15, -0.1) is 0 Å². The maximum Gasteiger partial charge on any atom is 0.239 e. The molecule has 0 spiro atoms. The summed E-state index contributed by atoms with van der Waals surface area (Å²) < 4.78 is -0.452. The summed E-state index contributed by atoms with van der Waals surface area (Å²) in [6, 6.07) is 10.8. The van der Waals surface area contributed by atoms with Gasteiger partial charge in [-0.2, -0.15) is 0 Å². The van der Waals surface area contributed by atoms with Crippen LogP contribution in [0.25, 0.3) is 0 Å². The molecule has 2 nitrogen and oxygen atoms in total. The van der Waals surface area contributed by atoms with Crippen molar-refractivity contribution < 1.29 is 4.79 Å². The number of hydrogen-bond acceptors (Lipinski definition) is 1. The second-order valence-corrected chi connectivity index (χ2v) is 7.44. The molecule has 0 radical (unpaired) electrons. The van der Waals surface area contributed by atoms with E-state index in [-0.39, 0.29) is 5.91 Å². The van der Waals surface area contributed by atoms with Crippen LogP contribution in [-0.2, 0) is 11.2 Å². The summed E-state index contributed by atoms with van der Waals surface area (Å²) in [6.07, 6.45) is 3.20. The molecule has 0 N–H and O–H groups in total.